The van der Waals surface area contributed by atoms with Crippen LogP contribution in [-0.4, -0.2) is 44.2 Å². The predicted molar refractivity (Wildman–Crippen MR) is 125 cm³/mol. The van der Waals surface area contributed by atoms with Crippen LogP contribution in [0.3, 0.4) is 0 Å². The number of ether oxygens (including phenoxy) is 1. The highest BCUT2D eigenvalue weighted by Crippen LogP contribution is 2.26. The lowest BCUT2D eigenvalue weighted by atomic mass is 10.0. The number of quaternary nitrogens is 1. The molecule has 1 aromatic heterocycles. The first-order chi connectivity index (χ1) is 14.2. The molecule has 0 spiro atoms. The fourth-order valence-corrected chi connectivity index (χ4v) is 3.51. The van der Waals surface area contributed by atoms with Gasteiger partial charge in [-0.05, 0) is 50.2 Å². The van der Waals surface area contributed by atoms with Gasteiger partial charge >= 0.3 is 0 Å². The van der Waals surface area contributed by atoms with E-state index in [0.29, 0.717) is 12.1 Å². The van der Waals surface area contributed by atoms with Crippen molar-refractivity contribution in [2.45, 2.75) is 20.3 Å². The lowest BCUT2D eigenvalue weighted by Crippen LogP contribution is -3.11. The zero-order chi connectivity index (χ0) is 20.6. The summed E-state index contributed by atoms with van der Waals surface area (Å²) in [5.74, 6) is 0.746. The molecule has 0 saturated heterocycles. The molecule has 5 nitrogen and oxygen atoms in total. The van der Waals surface area contributed by atoms with E-state index in [1.54, 1.807) is 12.0 Å². The number of hydrogen-bond donors (Lipinski definition) is 2. The molecule has 0 aliphatic heterocycles. The second-order valence-corrected chi connectivity index (χ2v) is 7.12. The Morgan fingerprint density at radius 2 is 1.74 bits per heavy atom. The van der Waals surface area contributed by atoms with Crippen LogP contribution in [0.2, 0.25) is 0 Å². The molecule has 168 valence electrons. The molecule has 2 aromatic carbocycles. The fraction of sp³-hybridized carbons (Fsp3) is 0.333. The smallest absolute Gasteiger partial charge is 0.252 e. The van der Waals surface area contributed by atoms with Crippen molar-refractivity contribution in [2.75, 3.05) is 33.3 Å². The average molecular weight is 464 g/mol. The second-order valence-electron chi connectivity index (χ2n) is 7.12. The van der Waals surface area contributed by atoms with Crippen LogP contribution in [0.25, 0.3) is 22.2 Å². The number of nitrogens with one attached hydrogen (secondary N) is 2. The number of pyridine rings is 1. The molecule has 7 heteroatoms. The van der Waals surface area contributed by atoms with Crippen molar-refractivity contribution in [2.24, 2.45) is 0 Å². The first kappa shape index (κ1) is 26.7. The molecule has 0 bridgehead atoms. The Morgan fingerprint density at radius 1 is 1.06 bits per heavy atom. The molecule has 2 N–H and O–H groups in total. The van der Waals surface area contributed by atoms with E-state index in [1.807, 2.05) is 54.6 Å². The monoisotopic (exact) mass is 463 g/mol. The Morgan fingerprint density at radius 3 is 2.39 bits per heavy atom. The Hall–Kier alpha value is -2.34. The summed E-state index contributed by atoms with van der Waals surface area (Å²) >= 11 is 0. The minimum absolute atomic E-state index is 0. The van der Waals surface area contributed by atoms with Gasteiger partial charge in [0, 0.05) is 23.9 Å². The number of para-hydroxylation sites is 1. The van der Waals surface area contributed by atoms with Gasteiger partial charge in [-0.2, -0.15) is 0 Å². The van der Waals surface area contributed by atoms with Gasteiger partial charge in [-0.3, -0.25) is 4.79 Å². The van der Waals surface area contributed by atoms with Crippen molar-refractivity contribution >= 4 is 29.2 Å². The first-order valence-electron chi connectivity index (χ1n) is 10.3. The van der Waals surface area contributed by atoms with Crippen molar-refractivity contribution in [3.05, 3.63) is 60.2 Å². The molecule has 0 aliphatic carbocycles. The molecular weight excluding hydrogens is 433 g/mol. The fourth-order valence-electron chi connectivity index (χ4n) is 3.51. The number of methoxy groups -OCH3 is 1. The Balaban J connectivity index is 0.00000240. The van der Waals surface area contributed by atoms with Crippen LogP contribution in [0, 0.1) is 0 Å². The maximum atomic E-state index is 13.0. The lowest BCUT2D eigenvalue weighted by molar-refractivity contribution is -0.896. The van der Waals surface area contributed by atoms with E-state index in [4.69, 9.17) is 9.72 Å². The Labute approximate surface area is 197 Å². The molecule has 0 saturated carbocycles. The summed E-state index contributed by atoms with van der Waals surface area (Å²) in [7, 11) is 1.65. The van der Waals surface area contributed by atoms with E-state index in [0.717, 1.165) is 54.0 Å². The van der Waals surface area contributed by atoms with Crippen LogP contribution < -0.4 is 27.4 Å². The van der Waals surface area contributed by atoms with Crippen LogP contribution in [0.15, 0.2) is 54.6 Å². The zero-order valence-electron chi connectivity index (χ0n) is 18.3. The minimum Gasteiger partial charge on any atom is -1.00 e. The number of carbonyl (C=O) groups is 1. The molecule has 0 atom stereocenters. The van der Waals surface area contributed by atoms with Crippen LogP contribution in [0.5, 0.6) is 5.75 Å². The van der Waals surface area contributed by atoms with Crippen molar-refractivity contribution in [1.82, 2.24) is 10.3 Å². The standard InChI is InChI=1S/C24H29N3O2.2ClH/c1-4-27(5-2)16-8-15-25-24(28)21-17-23(18-11-13-19(29-3)14-12-18)26-22-10-7-6-9-20(21)22;;/h6-7,9-14,17H,4-5,8,15-16H2,1-3H3,(H,25,28);2*1H. The number of carbonyl (C=O) groups excluding carboxylic acids is 1. The normalized spacial score (nSPS) is 10.3. The third kappa shape index (κ3) is 6.82. The molecule has 3 rings (SSSR count). The van der Waals surface area contributed by atoms with E-state index < -0.39 is 0 Å². The van der Waals surface area contributed by atoms with E-state index in [9.17, 15) is 4.79 Å². The third-order valence-electron chi connectivity index (χ3n) is 5.34. The topological polar surface area (TPSA) is 55.7 Å². The molecule has 31 heavy (non-hydrogen) atoms. The molecule has 0 fully saturated rings. The maximum absolute atomic E-state index is 13.0. The first-order valence-corrected chi connectivity index (χ1v) is 10.3. The van der Waals surface area contributed by atoms with Crippen molar-refractivity contribution in [3.63, 3.8) is 0 Å². The number of amides is 1. The van der Waals surface area contributed by atoms with Gasteiger partial charge in [0.15, 0.2) is 0 Å². The van der Waals surface area contributed by atoms with Gasteiger partial charge in [-0.15, -0.1) is 12.4 Å². The Kier molecular flexibility index (Phi) is 11.3. The molecule has 0 radical (unpaired) electrons. The van der Waals surface area contributed by atoms with E-state index in [1.165, 1.54) is 0 Å². The van der Waals surface area contributed by atoms with Gasteiger partial charge < -0.3 is 27.4 Å². The highest BCUT2D eigenvalue weighted by Gasteiger charge is 2.14. The predicted octanol–water partition coefficient (Wildman–Crippen LogP) is 0.381. The quantitative estimate of drug-likeness (QED) is 0.451. The summed E-state index contributed by atoms with van der Waals surface area (Å²) < 4.78 is 5.24. The summed E-state index contributed by atoms with van der Waals surface area (Å²) in [6.45, 7) is 8.37. The molecule has 0 aliphatic rings. The van der Waals surface area contributed by atoms with Gasteiger partial charge in [0.2, 0.25) is 0 Å². The van der Waals surface area contributed by atoms with Gasteiger partial charge in [-0.25, -0.2) is 4.98 Å². The SMILES string of the molecule is CC[NH+](CC)CCCNC(=O)c1cc(-c2ccc(OC)cc2)nc2ccccc12.Cl.[Cl-]. The number of benzene rings is 2. The lowest BCUT2D eigenvalue weighted by Gasteiger charge is -2.15. The van der Waals surface area contributed by atoms with Crippen molar-refractivity contribution in [1.29, 1.82) is 0 Å². The summed E-state index contributed by atoms with van der Waals surface area (Å²) in [4.78, 5) is 19.3. The van der Waals surface area contributed by atoms with Crippen LogP contribution in [-0.2, 0) is 0 Å². The maximum Gasteiger partial charge on any atom is 0.252 e. The minimum atomic E-state index is -0.0482. The molecular formula is C24H31Cl2N3O2. The van der Waals surface area contributed by atoms with Gasteiger partial charge in [0.05, 0.1) is 43.5 Å². The van der Waals surface area contributed by atoms with E-state index in [-0.39, 0.29) is 30.7 Å². The van der Waals surface area contributed by atoms with Crippen molar-refractivity contribution in [3.8, 4) is 17.0 Å². The van der Waals surface area contributed by atoms with Crippen LogP contribution >= 0.6 is 12.4 Å². The molecule has 0 unspecified atom stereocenters. The second kappa shape index (κ2) is 13.2. The number of aromatic nitrogens is 1. The molecule has 1 amide bonds. The zero-order valence-corrected chi connectivity index (χ0v) is 19.9. The Bertz CT molecular complexity index is 961. The summed E-state index contributed by atoms with van der Waals surface area (Å²) in [6, 6.07) is 17.4. The van der Waals surface area contributed by atoms with E-state index in [2.05, 4.69) is 19.2 Å². The summed E-state index contributed by atoms with van der Waals surface area (Å²) in [5, 5.41) is 3.96. The number of hydrogen-bond acceptors (Lipinski definition) is 3. The highest BCUT2D eigenvalue weighted by atomic mass is 35.5. The average Bonchev–Trinajstić information content (AvgIpc) is 2.78. The van der Waals surface area contributed by atoms with Gasteiger partial charge in [0.1, 0.15) is 5.75 Å². The highest BCUT2D eigenvalue weighted by molar-refractivity contribution is 6.07. The summed E-state index contributed by atoms with van der Waals surface area (Å²) in [5.41, 5.74) is 3.22. The number of fused-ring (bicyclic) bond motifs is 1. The molecule has 1 heterocycles. The van der Waals surface area contributed by atoms with Crippen LogP contribution in [0.1, 0.15) is 30.6 Å². The summed E-state index contributed by atoms with van der Waals surface area (Å²) in [6.07, 6.45) is 0.969. The third-order valence-corrected chi connectivity index (χ3v) is 5.34. The van der Waals surface area contributed by atoms with E-state index >= 15 is 0 Å². The van der Waals surface area contributed by atoms with Gasteiger partial charge in [0.25, 0.3) is 5.91 Å². The van der Waals surface area contributed by atoms with Crippen molar-refractivity contribution < 1.29 is 26.8 Å². The largest absolute Gasteiger partial charge is 1.00 e. The number of rotatable bonds is 9. The number of halogens is 2. The van der Waals surface area contributed by atoms with Crippen LogP contribution in [0.4, 0.5) is 0 Å². The van der Waals surface area contributed by atoms with Gasteiger partial charge in [-0.1, -0.05) is 18.2 Å². The number of nitrogens with zero attached hydrogens (tertiary/aromatic N) is 1. The molecule has 3 aromatic rings.